The standard InChI is InChI=1S/C15H19BrN2O3/c1-3-14(19)18-8-6-11(7-9-18)15(20)17(2)10-12-4-5-13(16)21-12/h3-5,11H,1,6-10H2,2H3. The fraction of sp³-hybridized carbons (Fsp3) is 0.467. The van der Waals surface area contributed by atoms with Crippen molar-refractivity contribution in [3.8, 4) is 0 Å². The van der Waals surface area contributed by atoms with E-state index in [-0.39, 0.29) is 17.7 Å². The molecule has 1 saturated heterocycles. The van der Waals surface area contributed by atoms with Gasteiger partial charge in [0.15, 0.2) is 4.67 Å². The number of hydrogen-bond acceptors (Lipinski definition) is 3. The van der Waals surface area contributed by atoms with Crippen LogP contribution in [0.5, 0.6) is 0 Å². The zero-order valence-electron chi connectivity index (χ0n) is 12.0. The predicted octanol–water partition coefficient (Wildman–Crippen LogP) is 2.43. The molecule has 0 radical (unpaired) electrons. The summed E-state index contributed by atoms with van der Waals surface area (Å²) in [6.45, 7) is 5.17. The minimum Gasteiger partial charge on any atom is -0.452 e. The van der Waals surface area contributed by atoms with Crippen LogP contribution in [0.3, 0.4) is 0 Å². The number of nitrogens with zero attached hydrogens (tertiary/aromatic N) is 2. The molecule has 2 rings (SSSR count). The number of rotatable bonds is 4. The van der Waals surface area contributed by atoms with Gasteiger partial charge in [0.1, 0.15) is 5.76 Å². The molecular weight excluding hydrogens is 336 g/mol. The molecule has 2 amide bonds. The Kier molecular flexibility index (Phi) is 5.22. The van der Waals surface area contributed by atoms with E-state index in [1.54, 1.807) is 16.8 Å². The molecule has 0 aromatic carbocycles. The van der Waals surface area contributed by atoms with Crippen LogP contribution in [0.1, 0.15) is 18.6 Å². The maximum atomic E-state index is 12.4. The highest BCUT2D eigenvalue weighted by atomic mass is 79.9. The van der Waals surface area contributed by atoms with Crippen LogP contribution in [-0.4, -0.2) is 41.8 Å². The Morgan fingerprint density at radius 2 is 2.14 bits per heavy atom. The Balaban J connectivity index is 1.86. The summed E-state index contributed by atoms with van der Waals surface area (Å²) >= 11 is 3.25. The summed E-state index contributed by atoms with van der Waals surface area (Å²) in [5.74, 6) is 0.766. The van der Waals surface area contributed by atoms with Gasteiger partial charge >= 0.3 is 0 Å². The number of hydrogen-bond donors (Lipinski definition) is 0. The van der Waals surface area contributed by atoms with Crippen molar-refractivity contribution in [2.45, 2.75) is 19.4 Å². The first-order valence-corrected chi connectivity index (χ1v) is 7.71. The molecule has 0 unspecified atom stereocenters. The molecule has 0 atom stereocenters. The van der Waals surface area contributed by atoms with Gasteiger partial charge in [0.2, 0.25) is 11.8 Å². The molecule has 2 heterocycles. The van der Waals surface area contributed by atoms with Gasteiger partial charge in [-0.3, -0.25) is 9.59 Å². The Morgan fingerprint density at radius 1 is 1.48 bits per heavy atom. The van der Waals surface area contributed by atoms with Crippen molar-refractivity contribution in [3.05, 3.63) is 35.2 Å². The second-order valence-corrected chi connectivity index (χ2v) is 5.99. The van der Waals surface area contributed by atoms with Crippen LogP contribution in [0.25, 0.3) is 0 Å². The van der Waals surface area contributed by atoms with Crippen LogP contribution >= 0.6 is 15.9 Å². The lowest BCUT2D eigenvalue weighted by molar-refractivity contribution is -0.138. The summed E-state index contributed by atoms with van der Waals surface area (Å²) in [4.78, 5) is 27.3. The first-order chi connectivity index (χ1) is 10.0. The quantitative estimate of drug-likeness (QED) is 0.780. The molecule has 114 valence electrons. The number of piperidine rings is 1. The van der Waals surface area contributed by atoms with E-state index in [2.05, 4.69) is 22.5 Å². The molecule has 1 aliphatic rings. The van der Waals surface area contributed by atoms with Gasteiger partial charge in [-0.25, -0.2) is 0 Å². The number of carbonyl (C=O) groups is 2. The average Bonchev–Trinajstić information content (AvgIpc) is 2.90. The largest absolute Gasteiger partial charge is 0.452 e. The maximum absolute atomic E-state index is 12.4. The Hall–Kier alpha value is -1.56. The number of furan rings is 1. The number of carbonyl (C=O) groups excluding carboxylic acids is 2. The summed E-state index contributed by atoms with van der Waals surface area (Å²) in [5.41, 5.74) is 0. The minimum atomic E-state index is -0.0605. The third-order valence-electron chi connectivity index (χ3n) is 3.73. The number of likely N-dealkylation sites (tertiary alicyclic amines) is 1. The highest BCUT2D eigenvalue weighted by Gasteiger charge is 2.28. The van der Waals surface area contributed by atoms with Gasteiger partial charge in [-0.1, -0.05) is 6.58 Å². The van der Waals surface area contributed by atoms with E-state index in [0.29, 0.717) is 37.1 Å². The molecule has 1 aromatic rings. The molecule has 0 spiro atoms. The topological polar surface area (TPSA) is 53.8 Å². The van der Waals surface area contributed by atoms with Crippen molar-refractivity contribution in [3.63, 3.8) is 0 Å². The van der Waals surface area contributed by atoms with Crippen molar-refractivity contribution >= 4 is 27.7 Å². The molecule has 0 N–H and O–H groups in total. The first-order valence-electron chi connectivity index (χ1n) is 6.91. The molecule has 21 heavy (non-hydrogen) atoms. The molecular formula is C15H19BrN2O3. The van der Waals surface area contributed by atoms with E-state index < -0.39 is 0 Å². The lowest BCUT2D eigenvalue weighted by atomic mass is 9.95. The fourth-order valence-corrected chi connectivity index (χ4v) is 2.88. The highest BCUT2D eigenvalue weighted by Crippen LogP contribution is 2.21. The molecule has 0 aliphatic carbocycles. The maximum Gasteiger partial charge on any atom is 0.245 e. The molecule has 0 bridgehead atoms. The second kappa shape index (κ2) is 6.93. The summed E-state index contributed by atoms with van der Waals surface area (Å²) in [6.07, 6.45) is 2.72. The van der Waals surface area contributed by atoms with Gasteiger partial charge < -0.3 is 14.2 Å². The van der Waals surface area contributed by atoms with Crippen LogP contribution < -0.4 is 0 Å². The molecule has 6 heteroatoms. The van der Waals surface area contributed by atoms with Crippen molar-refractivity contribution in [1.82, 2.24) is 9.80 Å². The van der Waals surface area contributed by atoms with Gasteiger partial charge in [-0.2, -0.15) is 0 Å². The SMILES string of the molecule is C=CC(=O)N1CCC(C(=O)N(C)Cc2ccc(Br)o2)CC1. The zero-order chi connectivity index (χ0) is 15.4. The average molecular weight is 355 g/mol. The lowest BCUT2D eigenvalue weighted by Gasteiger charge is -2.32. The van der Waals surface area contributed by atoms with Crippen molar-refractivity contribution in [2.24, 2.45) is 5.92 Å². The van der Waals surface area contributed by atoms with Crippen LogP contribution in [0.2, 0.25) is 0 Å². The van der Waals surface area contributed by atoms with E-state index >= 15 is 0 Å². The minimum absolute atomic E-state index is 0.0257. The van der Waals surface area contributed by atoms with Crippen LogP contribution in [-0.2, 0) is 16.1 Å². The summed E-state index contributed by atoms with van der Waals surface area (Å²) in [7, 11) is 1.78. The Morgan fingerprint density at radius 3 is 2.67 bits per heavy atom. The zero-order valence-corrected chi connectivity index (χ0v) is 13.6. The van der Waals surface area contributed by atoms with Gasteiger partial charge in [0.05, 0.1) is 6.54 Å². The number of amides is 2. The van der Waals surface area contributed by atoms with Crippen molar-refractivity contribution < 1.29 is 14.0 Å². The van der Waals surface area contributed by atoms with Gasteiger partial charge in [-0.15, -0.1) is 0 Å². The van der Waals surface area contributed by atoms with E-state index in [9.17, 15) is 9.59 Å². The van der Waals surface area contributed by atoms with Crippen molar-refractivity contribution in [1.29, 1.82) is 0 Å². The predicted molar refractivity (Wildman–Crippen MR) is 82.4 cm³/mol. The summed E-state index contributed by atoms with van der Waals surface area (Å²) in [5, 5.41) is 0. The normalized spacial score (nSPS) is 15.8. The van der Waals surface area contributed by atoms with Gasteiger partial charge in [0, 0.05) is 26.1 Å². The first kappa shape index (κ1) is 15.8. The van der Waals surface area contributed by atoms with E-state index in [1.807, 2.05) is 12.1 Å². The van der Waals surface area contributed by atoms with E-state index in [1.165, 1.54) is 6.08 Å². The summed E-state index contributed by atoms with van der Waals surface area (Å²) < 4.78 is 6.08. The summed E-state index contributed by atoms with van der Waals surface area (Å²) in [6, 6.07) is 3.66. The lowest BCUT2D eigenvalue weighted by Crippen LogP contribution is -2.42. The number of halogens is 1. The van der Waals surface area contributed by atoms with Crippen molar-refractivity contribution in [2.75, 3.05) is 20.1 Å². The second-order valence-electron chi connectivity index (χ2n) is 5.20. The molecule has 1 fully saturated rings. The van der Waals surface area contributed by atoms with Gasteiger partial charge in [-0.05, 0) is 47.0 Å². The van der Waals surface area contributed by atoms with E-state index in [0.717, 1.165) is 5.76 Å². The smallest absolute Gasteiger partial charge is 0.245 e. The van der Waals surface area contributed by atoms with E-state index in [4.69, 9.17) is 4.42 Å². The molecule has 5 nitrogen and oxygen atoms in total. The third-order valence-corrected chi connectivity index (χ3v) is 4.15. The Bertz CT molecular complexity index is 533. The third kappa shape index (κ3) is 3.97. The molecule has 0 saturated carbocycles. The van der Waals surface area contributed by atoms with Crippen LogP contribution in [0.15, 0.2) is 33.9 Å². The van der Waals surface area contributed by atoms with Crippen LogP contribution in [0.4, 0.5) is 0 Å². The molecule has 1 aromatic heterocycles. The Labute approximate surface area is 132 Å². The molecule has 1 aliphatic heterocycles. The monoisotopic (exact) mass is 354 g/mol. The van der Waals surface area contributed by atoms with Crippen LogP contribution in [0, 0.1) is 5.92 Å². The highest BCUT2D eigenvalue weighted by molar-refractivity contribution is 9.10. The fourth-order valence-electron chi connectivity index (χ4n) is 2.54. The van der Waals surface area contributed by atoms with Gasteiger partial charge in [0.25, 0.3) is 0 Å².